The number of hydrogen-bond acceptors (Lipinski definition) is 6. The molecular formula is C13H18N4O3S. The molecule has 1 unspecified atom stereocenters. The van der Waals surface area contributed by atoms with E-state index < -0.39 is 5.97 Å². The molecule has 1 atom stereocenters. The summed E-state index contributed by atoms with van der Waals surface area (Å²) in [5.41, 5.74) is 0. The summed E-state index contributed by atoms with van der Waals surface area (Å²) in [7, 11) is 0. The fourth-order valence-electron chi connectivity index (χ4n) is 1.99. The Labute approximate surface area is 126 Å². The van der Waals surface area contributed by atoms with Gasteiger partial charge in [-0.3, -0.25) is 9.36 Å². The second kappa shape index (κ2) is 6.75. The van der Waals surface area contributed by atoms with E-state index in [4.69, 9.17) is 9.52 Å². The van der Waals surface area contributed by atoms with Crippen LogP contribution in [0.4, 0.5) is 0 Å². The summed E-state index contributed by atoms with van der Waals surface area (Å²) in [6, 6.07) is -0.174. The number of carbonyl (C=O) groups is 1. The molecule has 0 saturated carbocycles. The summed E-state index contributed by atoms with van der Waals surface area (Å²) in [5, 5.41) is 17.7. The Balaban J connectivity index is 2.33. The van der Waals surface area contributed by atoms with Crippen molar-refractivity contribution >= 4 is 17.7 Å². The van der Waals surface area contributed by atoms with Gasteiger partial charge in [-0.25, -0.2) is 4.98 Å². The van der Waals surface area contributed by atoms with Crippen molar-refractivity contribution in [3.63, 3.8) is 0 Å². The number of aromatic nitrogens is 4. The van der Waals surface area contributed by atoms with E-state index in [1.54, 1.807) is 6.20 Å². The van der Waals surface area contributed by atoms with Gasteiger partial charge in [-0.1, -0.05) is 18.7 Å². The van der Waals surface area contributed by atoms with E-state index >= 15 is 0 Å². The molecule has 8 heteroatoms. The van der Waals surface area contributed by atoms with Crippen LogP contribution in [0.15, 0.2) is 15.8 Å². The minimum Gasteiger partial charge on any atom is -0.481 e. The summed E-state index contributed by atoms with van der Waals surface area (Å²) in [4.78, 5) is 15.0. The standard InChI is InChI=1S/C13H18N4O3S/c1-4-5-10-15-16-13(21-7-11(18)19)17(10)9(3)12-14-6-8(2)20-12/h6,9H,4-5,7H2,1-3H3,(H,18,19). The van der Waals surface area contributed by atoms with Crippen LogP contribution in [-0.2, 0) is 11.2 Å². The van der Waals surface area contributed by atoms with Crippen LogP contribution in [0.3, 0.4) is 0 Å². The number of thioether (sulfide) groups is 1. The van der Waals surface area contributed by atoms with E-state index in [1.807, 2.05) is 18.4 Å². The molecule has 0 saturated heterocycles. The first-order valence-corrected chi connectivity index (χ1v) is 7.72. The molecule has 0 radical (unpaired) electrons. The topological polar surface area (TPSA) is 94.0 Å². The molecule has 2 aromatic rings. The van der Waals surface area contributed by atoms with Crippen LogP contribution in [0.25, 0.3) is 0 Å². The van der Waals surface area contributed by atoms with Crippen LogP contribution in [0.5, 0.6) is 0 Å². The molecule has 1 N–H and O–H groups in total. The molecule has 0 amide bonds. The van der Waals surface area contributed by atoms with E-state index in [0.717, 1.165) is 36.2 Å². The second-order valence-corrected chi connectivity index (χ2v) is 5.63. The van der Waals surface area contributed by atoms with Gasteiger partial charge in [0.05, 0.1) is 11.9 Å². The SMILES string of the molecule is CCCc1nnc(SCC(=O)O)n1C(C)c1ncc(C)o1. The van der Waals surface area contributed by atoms with E-state index in [-0.39, 0.29) is 11.8 Å². The van der Waals surface area contributed by atoms with E-state index in [9.17, 15) is 4.79 Å². The molecule has 2 heterocycles. The van der Waals surface area contributed by atoms with Gasteiger partial charge < -0.3 is 9.52 Å². The van der Waals surface area contributed by atoms with E-state index in [0.29, 0.717) is 11.0 Å². The van der Waals surface area contributed by atoms with Gasteiger partial charge in [0.15, 0.2) is 5.16 Å². The number of carboxylic acids is 1. The summed E-state index contributed by atoms with van der Waals surface area (Å²) >= 11 is 1.15. The molecule has 0 bridgehead atoms. The minimum absolute atomic E-state index is 0.0540. The lowest BCUT2D eigenvalue weighted by atomic mass is 10.3. The first kappa shape index (κ1) is 15.6. The maximum atomic E-state index is 10.8. The Bertz CT molecular complexity index is 623. The Morgan fingerprint density at radius 1 is 1.52 bits per heavy atom. The Morgan fingerprint density at radius 3 is 2.86 bits per heavy atom. The summed E-state index contributed by atoms with van der Waals surface area (Å²) < 4.78 is 7.47. The van der Waals surface area contributed by atoms with Crippen molar-refractivity contribution in [1.82, 2.24) is 19.7 Å². The molecule has 2 aromatic heterocycles. The molecule has 0 aliphatic carbocycles. The third kappa shape index (κ3) is 3.63. The molecule has 0 fully saturated rings. The van der Waals surface area contributed by atoms with Crippen molar-refractivity contribution in [3.05, 3.63) is 23.7 Å². The molecule has 114 valence electrons. The number of oxazole rings is 1. The van der Waals surface area contributed by atoms with E-state index in [2.05, 4.69) is 22.1 Å². The highest BCUT2D eigenvalue weighted by Gasteiger charge is 2.22. The summed E-state index contributed by atoms with van der Waals surface area (Å²) in [5.74, 6) is 1.19. The zero-order valence-corrected chi connectivity index (χ0v) is 13.1. The normalized spacial score (nSPS) is 12.5. The van der Waals surface area contributed by atoms with Crippen molar-refractivity contribution in [2.45, 2.75) is 44.8 Å². The highest BCUT2D eigenvalue weighted by atomic mass is 32.2. The van der Waals surface area contributed by atoms with Crippen molar-refractivity contribution < 1.29 is 14.3 Å². The smallest absolute Gasteiger partial charge is 0.313 e. The molecule has 0 spiro atoms. The Kier molecular flexibility index (Phi) is 5.00. The molecule has 2 rings (SSSR count). The highest BCUT2D eigenvalue weighted by molar-refractivity contribution is 7.99. The predicted molar refractivity (Wildman–Crippen MR) is 77.4 cm³/mol. The monoisotopic (exact) mass is 310 g/mol. The van der Waals surface area contributed by atoms with Gasteiger partial charge in [0.25, 0.3) is 0 Å². The lowest BCUT2D eigenvalue weighted by Crippen LogP contribution is -2.13. The van der Waals surface area contributed by atoms with Crippen LogP contribution in [-0.4, -0.2) is 36.6 Å². The third-order valence-corrected chi connectivity index (χ3v) is 3.85. The minimum atomic E-state index is -0.883. The van der Waals surface area contributed by atoms with Crippen LogP contribution < -0.4 is 0 Å². The van der Waals surface area contributed by atoms with Crippen molar-refractivity contribution in [1.29, 1.82) is 0 Å². The Hall–Kier alpha value is -1.83. The number of carboxylic acid groups (broad SMARTS) is 1. The molecule has 0 aliphatic heterocycles. The zero-order valence-electron chi connectivity index (χ0n) is 12.2. The van der Waals surface area contributed by atoms with Crippen LogP contribution in [0.1, 0.15) is 43.8 Å². The molecular weight excluding hydrogens is 292 g/mol. The van der Waals surface area contributed by atoms with Gasteiger partial charge >= 0.3 is 5.97 Å². The highest BCUT2D eigenvalue weighted by Crippen LogP contribution is 2.26. The maximum Gasteiger partial charge on any atom is 0.313 e. The van der Waals surface area contributed by atoms with Gasteiger partial charge in [-0.15, -0.1) is 10.2 Å². The van der Waals surface area contributed by atoms with Crippen LogP contribution in [0, 0.1) is 6.92 Å². The lowest BCUT2D eigenvalue weighted by Gasteiger charge is -2.14. The Morgan fingerprint density at radius 2 is 2.29 bits per heavy atom. The summed E-state index contributed by atoms with van der Waals surface area (Å²) in [6.07, 6.45) is 3.36. The largest absolute Gasteiger partial charge is 0.481 e. The summed E-state index contributed by atoms with van der Waals surface area (Å²) in [6.45, 7) is 5.84. The lowest BCUT2D eigenvalue weighted by molar-refractivity contribution is -0.133. The molecule has 0 aromatic carbocycles. The maximum absolute atomic E-state index is 10.8. The van der Waals surface area contributed by atoms with Crippen molar-refractivity contribution in [2.75, 3.05) is 5.75 Å². The fraction of sp³-hybridized carbons (Fsp3) is 0.538. The number of rotatable bonds is 7. The third-order valence-electron chi connectivity index (χ3n) is 2.92. The van der Waals surface area contributed by atoms with Crippen molar-refractivity contribution in [2.24, 2.45) is 0 Å². The van der Waals surface area contributed by atoms with Gasteiger partial charge in [0, 0.05) is 6.42 Å². The zero-order chi connectivity index (χ0) is 15.4. The molecule has 21 heavy (non-hydrogen) atoms. The van der Waals surface area contributed by atoms with Crippen molar-refractivity contribution in [3.8, 4) is 0 Å². The predicted octanol–water partition coefficient (Wildman–Crippen LogP) is 2.31. The average Bonchev–Trinajstić information content (AvgIpc) is 3.03. The number of nitrogens with zero attached hydrogens (tertiary/aromatic N) is 4. The van der Waals surface area contributed by atoms with Gasteiger partial charge in [0.2, 0.25) is 5.89 Å². The number of aryl methyl sites for hydroxylation is 2. The van der Waals surface area contributed by atoms with Gasteiger partial charge in [0.1, 0.15) is 17.6 Å². The van der Waals surface area contributed by atoms with Crippen LogP contribution >= 0.6 is 11.8 Å². The second-order valence-electron chi connectivity index (χ2n) is 4.69. The molecule has 0 aliphatic rings. The average molecular weight is 310 g/mol. The molecule has 7 nitrogen and oxygen atoms in total. The van der Waals surface area contributed by atoms with E-state index in [1.165, 1.54) is 0 Å². The number of hydrogen-bond donors (Lipinski definition) is 1. The van der Waals surface area contributed by atoms with Crippen LogP contribution in [0.2, 0.25) is 0 Å². The number of aliphatic carboxylic acids is 1. The first-order valence-electron chi connectivity index (χ1n) is 6.73. The quantitative estimate of drug-likeness (QED) is 0.784. The van der Waals surface area contributed by atoms with Gasteiger partial charge in [-0.2, -0.15) is 0 Å². The first-order chi connectivity index (χ1) is 10.0. The fourth-order valence-corrected chi connectivity index (χ4v) is 2.74. The van der Waals surface area contributed by atoms with Gasteiger partial charge in [-0.05, 0) is 20.3 Å².